The van der Waals surface area contributed by atoms with Gasteiger partial charge >= 0.3 is 0 Å². The molecule has 284 valence electrons. The van der Waals surface area contributed by atoms with E-state index in [0.717, 1.165) is 55.8 Å². The van der Waals surface area contributed by atoms with Crippen molar-refractivity contribution in [2.24, 2.45) is 0 Å². The van der Waals surface area contributed by atoms with E-state index < -0.39 is 8.07 Å². The van der Waals surface area contributed by atoms with Gasteiger partial charge in [-0.25, -0.2) is 4.98 Å². The third kappa shape index (κ3) is 4.44. The third-order valence-electron chi connectivity index (χ3n) is 13.5. The Hall–Kier alpha value is -7.78. The van der Waals surface area contributed by atoms with Crippen LogP contribution in [0.2, 0.25) is 0 Å². The number of para-hydroxylation sites is 2. The Balaban J connectivity index is 1.15. The number of aryl methyl sites for hydroxylation is 2. The fourth-order valence-electron chi connectivity index (χ4n) is 11.0. The molecule has 13 rings (SSSR count). The summed E-state index contributed by atoms with van der Waals surface area (Å²) in [6.07, 6.45) is 0. The van der Waals surface area contributed by atoms with Crippen molar-refractivity contribution in [3.05, 3.63) is 199 Å². The average molecular weight is 793 g/mol. The summed E-state index contributed by atoms with van der Waals surface area (Å²) in [7, 11) is -2.67. The van der Waals surface area contributed by atoms with Crippen LogP contribution in [0, 0.1) is 25.2 Å². The van der Waals surface area contributed by atoms with E-state index in [2.05, 4.69) is 211 Å². The third-order valence-corrected chi connectivity index (χ3v) is 18.4. The SMILES string of the molecule is Cc1ccc2c(c1)c1ccccc1n2-c1cc(-c2ccc3c(n2)-c2ccccc2[Si]32c3ccccc3-c3ccccc32)c(-n2c3ccccc3c3cc(C)ccc32)cc1C#N. The predicted octanol–water partition coefficient (Wildman–Crippen LogP) is 10.8. The first-order valence-corrected chi connectivity index (χ1v) is 22.9. The number of nitriles is 1. The summed E-state index contributed by atoms with van der Waals surface area (Å²) in [5.41, 5.74) is 15.8. The summed E-state index contributed by atoms with van der Waals surface area (Å²) in [4.78, 5) is 5.82. The Bertz CT molecular complexity index is 3720. The molecule has 3 aromatic heterocycles. The molecule has 4 nitrogen and oxygen atoms in total. The number of hydrogen-bond acceptors (Lipinski definition) is 2. The molecule has 8 aromatic carbocycles. The maximum Gasteiger partial charge on any atom is 0.183 e. The van der Waals surface area contributed by atoms with E-state index in [1.54, 1.807) is 0 Å². The molecular formula is C56H36N4Si. The van der Waals surface area contributed by atoms with Gasteiger partial charge in [-0.15, -0.1) is 0 Å². The van der Waals surface area contributed by atoms with E-state index in [4.69, 9.17) is 4.98 Å². The van der Waals surface area contributed by atoms with E-state index in [-0.39, 0.29) is 0 Å². The van der Waals surface area contributed by atoms with Gasteiger partial charge in [-0.1, -0.05) is 139 Å². The van der Waals surface area contributed by atoms with Crippen LogP contribution in [0.4, 0.5) is 0 Å². The highest BCUT2D eigenvalue weighted by molar-refractivity contribution is 7.24. The molecule has 0 saturated heterocycles. The monoisotopic (exact) mass is 792 g/mol. The Morgan fingerprint density at radius 1 is 0.426 bits per heavy atom. The van der Waals surface area contributed by atoms with Crippen LogP contribution < -0.4 is 20.7 Å². The van der Waals surface area contributed by atoms with Crippen molar-refractivity contribution in [3.8, 4) is 51.1 Å². The van der Waals surface area contributed by atoms with E-state index in [0.29, 0.717) is 5.56 Å². The molecule has 5 heteroatoms. The van der Waals surface area contributed by atoms with E-state index in [1.165, 1.54) is 64.7 Å². The first-order chi connectivity index (χ1) is 30.0. The molecule has 61 heavy (non-hydrogen) atoms. The molecule has 0 bridgehead atoms. The van der Waals surface area contributed by atoms with Crippen LogP contribution in [0.25, 0.3) is 88.6 Å². The first kappa shape index (κ1) is 34.1. The van der Waals surface area contributed by atoms with E-state index >= 15 is 0 Å². The predicted molar refractivity (Wildman–Crippen MR) is 254 cm³/mol. The quantitative estimate of drug-likeness (QED) is 0.167. The van der Waals surface area contributed by atoms with Crippen LogP contribution in [0.5, 0.6) is 0 Å². The molecular weight excluding hydrogens is 757 g/mol. The molecule has 1 spiro atoms. The lowest BCUT2D eigenvalue weighted by Crippen LogP contribution is -2.70. The number of benzene rings is 8. The number of aromatic nitrogens is 3. The van der Waals surface area contributed by atoms with Crippen LogP contribution in [0.1, 0.15) is 16.7 Å². The minimum atomic E-state index is -2.67. The Morgan fingerprint density at radius 3 is 1.51 bits per heavy atom. The van der Waals surface area contributed by atoms with Gasteiger partial charge in [-0.3, -0.25) is 0 Å². The number of pyridine rings is 1. The molecule has 0 fully saturated rings. The number of nitrogens with zero attached hydrogens (tertiary/aromatic N) is 4. The molecule has 11 aromatic rings. The molecule has 0 radical (unpaired) electrons. The fourth-order valence-corrected chi connectivity index (χ4v) is 16.5. The number of hydrogen-bond donors (Lipinski definition) is 0. The summed E-state index contributed by atoms with van der Waals surface area (Å²) in [6.45, 7) is 4.29. The zero-order valence-electron chi connectivity index (χ0n) is 33.6. The standard InChI is InChI=1S/C56H36N4Si/c1-34-23-26-48-42(29-34)37-13-3-8-18-46(37)59(48)50-32-44(51(31-36(50)33-57)60-47-19-9-4-14-38(47)43-30-35(2)24-27-49(43)60)45-25-28-55-56(58-45)41-17-7-12-22-54(41)61(55)52-20-10-5-15-39(52)40-16-6-11-21-53(40)61/h3-32H,1-2H3. The van der Waals surface area contributed by atoms with Crippen molar-refractivity contribution in [2.75, 3.05) is 0 Å². The molecule has 2 aliphatic rings. The van der Waals surface area contributed by atoms with Crippen LogP contribution in [-0.2, 0) is 0 Å². The summed E-state index contributed by atoms with van der Waals surface area (Å²) < 4.78 is 4.63. The van der Waals surface area contributed by atoms with Gasteiger partial charge in [-0.2, -0.15) is 5.26 Å². The van der Waals surface area contributed by atoms with Gasteiger partial charge < -0.3 is 9.13 Å². The zero-order chi connectivity index (χ0) is 40.6. The van der Waals surface area contributed by atoms with Crippen LogP contribution >= 0.6 is 0 Å². The lowest BCUT2D eigenvalue weighted by molar-refractivity contribution is 1.13. The number of fused-ring (bicyclic) bond motifs is 16. The summed E-state index contributed by atoms with van der Waals surface area (Å²) >= 11 is 0. The Morgan fingerprint density at radius 2 is 0.918 bits per heavy atom. The molecule has 0 saturated carbocycles. The highest BCUT2D eigenvalue weighted by Gasteiger charge is 2.54. The van der Waals surface area contributed by atoms with Gasteiger partial charge in [0.2, 0.25) is 0 Å². The summed E-state index contributed by atoms with van der Waals surface area (Å²) in [5, 5.41) is 21.5. The fraction of sp³-hybridized carbons (Fsp3) is 0.0357. The smallest absolute Gasteiger partial charge is 0.183 e. The minimum absolute atomic E-state index is 0.594. The molecule has 5 heterocycles. The number of rotatable bonds is 3. The van der Waals surface area contributed by atoms with Gasteiger partial charge in [0, 0.05) is 32.7 Å². The van der Waals surface area contributed by atoms with Crippen molar-refractivity contribution < 1.29 is 0 Å². The zero-order valence-corrected chi connectivity index (χ0v) is 34.6. The maximum absolute atomic E-state index is 11.2. The second kappa shape index (κ2) is 12.4. The summed E-state index contributed by atoms with van der Waals surface area (Å²) in [5.74, 6) is 0. The van der Waals surface area contributed by atoms with Gasteiger partial charge in [0.1, 0.15) is 6.07 Å². The van der Waals surface area contributed by atoms with Crippen molar-refractivity contribution in [2.45, 2.75) is 13.8 Å². The van der Waals surface area contributed by atoms with Crippen molar-refractivity contribution >= 4 is 72.4 Å². The second-order valence-corrected chi connectivity index (χ2v) is 20.4. The Kier molecular flexibility index (Phi) is 6.92. The lowest BCUT2D eigenvalue weighted by atomic mass is 10.0. The minimum Gasteiger partial charge on any atom is -0.309 e. The van der Waals surface area contributed by atoms with Crippen LogP contribution in [0.15, 0.2) is 182 Å². The van der Waals surface area contributed by atoms with Gasteiger partial charge in [0.15, 0.2) is 8.07 Å². The van der Waals surface area contributed by atoms with Crippen molar-refractivity contribution in [1.82, 2.24) is 14.1 Å². The van der Waals surface area contributed by atoms with Crippen molar-refractivity contribution in [1.29, 1.82) is 5.26 Å². The van der Waals surface area contributed by atoms with Crippen LogP contribution in [0.3, 0.4) is 0 Å². The normalized spacial score (nSPS) is 13.2. The Labute approximate surface area is 353 Å². The largest absolute Gasteiger partial charge is 0.309 e. The van der Waals surface area contributed by atoms with Gasteiger partial charge in [0.25, 0.3) is 0 Å². The molecule has 2 aliphatic heterocycles. The molecule has 0 atom stereocenters. The van der Waals surface area contributed by atoms with Gasteiger partial charge in [-0.05, 0) is 100 Å². The molecule has 0 amide bonds. The highest BCUT2D eigenvalue weighted by atomic mass is 28.3. The van der Waals surface area contributed by atoms with Gasteiger partial charge in [0.05, 0.1) is 50.4 Å². The topological polar surface area (TPSA) is 46.5 Å². The first-order valence-electron chi connectivity index (χ1n) is 20.9. The average Bonchev–Trinajstić information content (AvgIpc) is 4.00. The summed E-state index contributed by atoms with van der Waals surface area (Å²) in [6, 6.07) is 69.2. The second-order valence-electron chi connectivity index (χ2n) is 16.7. The van der Waals surface area contributed by atoms with Crippen molar-refractivity contribution in [3.63, 3.8) is 0 Å². The maximum atomic E-state index is 11.2. The molecule has 0 aliphatic carbocycles. The van der Waals surface area contributed by atoms with E-state index in [9.17, 15) is 5.26 Å². The van der Waals surface area contributed by atoms with E-state index in [1.807, 2.05) is 0 Å². The highest BCUT2D eigenvalue weighted by Crippen LogP contribution is 2.42. The van der Waals surface area contributed by atoms with Crippen LogP contribution in [-0.4, -0.2) is 22.2 Å². The molecule has 0 N–H and O–H groups in total. The molecule has 0 unspecified atom stereocenters. The lowest BCUT2D eigenvalue weighted by Gasteiger charge is -2.27.